The van der Waals surface area contributed by atoms with Gasteiger partial charge in [-0.25, -0.2) is 0 Å². The number of rotatable bonds is 2. The minimum absolute atomic E-state index is 0.257. The molecule has 0 spiro atoms. The number of carbonyl (C=O) groups is 1. The van der Waals surface area contributed by atoms with E-state index in [1.807, 2.05) is 6.92 Å². The van der Waals surface area contributed by atoms with Gasteiger partial charge >= 0.3 is 5.97 Å². The predicted molar refractivity (Wildman–Crippen MR) is 35.7 cm³/mol. The van der Waals surface area contributed by atoms with Gasteiger partial charge in [0, 0.05) is 6.92 Å². The Morgan fingerprint density at radius 1 is 1.67 bits per heavy atom. The van der Waals surface area contributed by atoms with Crippen LogP contribution in [0.1, 0.15) is 13.8 Å². The molecule has 0 amide bonds. The molecule has 0 saturated carbocycles. The molecule has 1 radical (unpaired) electrons. The molecule has 0 aromatic rings. The summed E-state index contributed by atoms with van der Waals surface area (Å²) >= 11 is 0. The van der Waals surface area contributed by atoms with Gasteiger partial charge in [0.1, 0.15) is 6.61 Å². The third-order valence-electron chi connectivity index (χ3n) is 0.718. The average molecular weight is 127 g/mol. The first-order valence-corrected chi connectivity index (χ1v) is 2.75. The molecule has 0 aliphatic carbocycles. The van der Waals surface area contributed by atoms with Crippen molar-refractivity contribution in [2.45, 2.75) is 13.8 Å². The summed E-state index contributed by atoms with van der Waals surface area (Å²) in [5.41, 5.74) is 0.913. The molecule has 0 aliphatic rings. The highest BCUT2D eigenvalue weighted by Gasteiger charge is 1.86. The van der Waals surface area contributed by atoms with Crippen LogP contribution in [0.25, 0.3) is 0 Å². The maximum Gasteiger partial charge on any atom is 0.302 e. The van der Waals surface area contributed by atoms with E-state index in [2.05, 4.69) is 11.7 Å². The molecule has 0 unspecified atom stereocenters. The maximum atomic E-state index is 10.2. The molecule has 0 atom stereocenters. The van der Waals surface area contributed by atoms with E-state index in [1.54, 1.807) is 6.08 Å². The van der Waals surface area contributed by atoms with Gasteiger partial charge in [-0.15, -0.1) is 0 Å². The van der Waals surface area contributed by atoms with Crippen molar-refractivity contribution in [3.05, 3.63) is 18.6 Å². The molecule has 0 N–H and O–H groups in total. The SMILES string of the molecule is [CH2]/C(C)=C/COC(C)=O. The van der Waals surface area contributed by atoms with E-state index in [4.69, 9.17) is 0 Å². The van der Waals surface area contributed by atoms with Gasteiger partial charge in [-0.1, -0.05) is 5.57 Å². The zero-order valence-electron chi connectivity index (χ0n) is 5.81. The van der Waals surface area contributed by atoms with Crippen LogP contribution in [-0.2, 0) is 9.53 Å². The van der Waals surface area contributed by atoms with Gasteiger partial charge in [0.2, 0.25) is 0 Å². The Balaban J connectivity index is 3.31. The summed E-state index contributed by atoms with van der Waals surface area (Å²) in [6.07, 6.45) is 1.75. The Hall–Kier alpha value is -0.790. The van der Waals surface area contributed by atoms with Crippen LogP contribution in [0.5, 0.6) is 0 Å². The quantitative estimate of drug-likeness (QED) is 0.523. The Morgan fingerprint density at radius 3 is 2.56 bits per heavy atom. The molecule has 0 heterocycles. The van der Waals surface area contributed by atoms with Gasteiger partial charge < -0.3 is 4.74 Å². The standard InChI is InChI=1S/C7H11O2/c1-6(2)4-5-9-7(3)8/h4H,1,5H2,2-3H3/b6-4-. The third kappa shape index (κ3) is 7.21. The molecule has 9 heavy (non-hydrogen) atoms. The fraction of sp³-hybridized carbons (Fsp3) is 0.429. The Kier molecular flexibility index (Phi) is 3.76. The van der Waals surface area contributed by atoms with Gasteiger partial charge in [0.05, 0.1) is 0 Å². The molecule has 0 aromatic carbocycles. The van der Waals surface area contributed by atoms with E-state index in [0.29, 0.717) is 6.61 Å². The lowest BCUT2D eigenvalue weighted by atomic mass is 10.3. The molecule has 2 heteroatoms. The van der Waals surface area contributed by atoms with Crippen LogP contribution in [-0.4, -0.2) is 12.6 Å². The largest absolute Gasteiger partial charge is 0.462 e. The van der Waals surface area contributed by atoms with Crippen molar-refractivity contribution in [1.82, 2.24) is 0 Å². The molecule has 0 aliphatic heterocycles. The maximum absolute atomic E-state index is 10.2. The summed E-state index contributed by atoms with van der Waals surface area (Å²) in [6.45, 7) is 7.17. The minimum atomic E-state index is -0.257. The van der Waals surface area contributed by atoms with Crippen molar-refractivity contribution in [3.63, 3.8) is 0 Å². The highest BCUT2D eigenvalue weighted by molar-refractivity contribution is 5.66. The van der Waals surface area contributed by atoms with Crippen LogP contribution in [0.4, 0.5) is 0 Å². The molecule has 0 aromatic heterocycles. The number of hydrogen-bond donors (Lipinski definition) is 0. The molecule has 0 rings (SSSR count). The molecule has 0 fully saturated rings. The van der Waals surface area contributed by atoms with Crippen molar-refractivity contribution < 1.29 is 9.53 Å². The van der Waals surface area contributed by atoms with Crippen LogP contribution in [0.15, 0.2) is 11.6 Å². The normalized spacial score (nSPS) is 11.2. The molecule has 2 nitrogen and oxygen atoms in total. The Morgan fingerprint density at radius 2 is 2.22 bits per heavy atom. The summed E-state index contributed by atoms with van der Waals surface area (Å²) in [6, 6.07) is 0. The van der Waals surface area contributed by atoms with E-state index < -0.39 is 0 Å². The van der Waals surface area contributed by atoms with E-state index >= 15 is 0 Å². The number of allylic oxidation sites excluding steroid dienone is 1. The number of carbonyl (C=O) groups excluding carboxylic acids is 1. The Labute approximate surface area is 55.5 Å². The lowest BCUT2D eigenvalue weighted by Gasteiger charge is -1.94. The second-order valence-electron chi connectivity index (χ2n) is 1.85. The van der Waals surface area contributed by atoms with Crippen LogP contribution in [0.2, 0.25) is 0 Å². The fourth-order valence-electron chi connectivity index (χ4n) is 0.301. The first kappa shape index (κ1) is 8.21. The minimum Gasteiger partial charge on any atom is -0.462 e. The smallest absolute Gasteiger partial charge is 0.302 e. The van der Waals surface area contributed by atoms with E-state index in [0.717, 1.165) is 5.57 Å². The van der Waals surface area contributed by atoms with Gasteiger partial charge in [-0.2, -0.15) is 0 Å². The van der Waals surface area contributed by atoms with Gasteiger partial charge in [-0.3, -0.25) is 4.79 Å². The summed E-state index contributed by atoms with van der Waals surface area (Å²) in [4.78, 5) is 10.2. The van der Waals surface area contributed by atoms with Gasteiger partial charge in [-0.05, 0) is 19.9 Å². The molecular formula is C7H11O2. The Bertz CT molecular complexity index is 121. The van der Waals surface area contributed by atoms with E-state index in [1.165, 1.54) is 6.92 Å². The lowest BCUT2D eigenvalue weighted by molar-refractivity contribution is -0.139. The first-order chi connectivity index (χ1) is 4.13. The predicted octanol–water partition coefficient (Wildman–Crippen LogP) is 1.33. The monoisotopic (exact) mass is 127 g/mol. The van der Waals surface area contributed by atoms with E-state index in [-0.39, 0.29) is 5.97 Å². The van der Waals surface area contributed by atoms with Crippen LogP contribution in [0.3, 0.4) is 0 Å². The van der Waals surface area contributed by atoms with Crippen molar-refractivity contribution in [1.29, 1.82) is 0 Å². The zero-order chi connectivity index (χ0) is 7.28. The highest BCUT2D eigenvalue weighted by Crippen LogP contribution is 1.87. The highest BCUT2D eigenvalue weighted by atomic mass is 16.5. The van der Waals surface area contributed by atoms with Crippen molar-refractivity contribution in [2.24, 2.45) is 0 Å². The van der Waals surface area contributed by atoms with Crippen molar-refractivity contribution in [2.75, 3.05) is 6.61 Å². The molecule has 51 valence electrons. The van der Waals surface area contributed by atoms with Crippen LogP contribution >= 0.6 is 0 Å². The molecule has 0 saturated heterocycles. The van der Waals surface area contributed by atoms with Gasteiger partial charge in [0.25, 0.3) is 0 Å². The van der Waals surface area contributed by atoms with Crippen molar-refractivity contribution >= 4 is 5.97 Å². The van der Waals surface area contributed by atoms with Crippen molar-refractivity contribution in [3.8, 4) is 0 Å². The van der Waals surface area contributed by atoms with Gasteiger partial charge in [0.15, 0.2) is 0 Å². The van der Waals surface area contributed by atoms with E-state index in [9.17, 15) is 4.79 Å². The number of hydrogen-bond acceptors (Lipinski definition) is 2. The summed E-state index contributed by atoms with van der Waals surface area (Å²) in [5, 5.41) is 0. The molecule has 0 bridgehead atoms. The third-order valence-corrected chi connectivity index (χ3v) is 0.718. The number of ether oxygens (including phenoxy) is 1. The average Bonchev–Trinajstić information content (AvgIpc) is 1.63. The topological polar surface area (TPSA) is 26.3 Å². The second-order valence-corrected chi connectivity index (χ2v) is 1.85. The summed E-state index contributed by atoms with van der Waals surface area (Å²) in [5.74, 6) is -0.257. The van der Waals surface area contributed by atoms with Crippen LogP contribution in [0, 0.1) is 6.92 Å². The lowest BCUT2D eigenvalue weighted by Crippen LogP contribution is -1.97. The fourth-order valence-corrected chi connectivity index (χ4v) is 0.301. The zero-order valence-corrected chi connectivity index (χ0v) is 5.81. The van der Waals surface area contributed by atoms with Crippen LogP contribution < -0.4 is 0 Å². The second kappa shape index (κ2) is 4.13. The first-order valence-electron chi connectivity index (χ1n) is 2.75. The number of esters is 1. The summed E-state index contributed by atoms with van der Waals surface area (Å²) < 4.78 is 4.60. The summed E-state index contributed by atoms with van der Waals surface area (Å²) in [7, 11) is 0. The molecular weight excluding hydrogens is 116 g/mol.